The zero-order chi connectivity index (χ0) is 17.2. The SMILES string of the molecule is Cc1nccn1-c1ccccc1CNC(=O)c1cccc2ncsc12. The van der Waals surface area contributed by atoms with Crippen molar-refractivity contribution in [3.05, 3.63) is 77.3 Å². The minimum Gasteiger partial charge on any atom is -0.348 e. The molecule has 0 saturated heterocycles. The van der Waals surface area contributed by atoms with Gasteiger partial charge in [-0.05, 0) is 30.7 Å². The highest BCUT2D eigenvalue weighted by Gasteiger charge is 2.13. The van der Waals surface area contributed by atoms with Gasteiger partial charge in [0.15, 0.2) is 0 Å². The third-order valence-corrected chi connectivity index (χ3v) is 4.99. The van der Waals surface area contributed by atoms with Crippen molar-refractivity contribution < 1.29 is 4.79 Å². The predicted octanol–water partition coefficient (Wildman–Crippen LogP) is 3.72. The van der Waals surface area contributed by atoms with E-state index in [9.17, 15) is 4.79 Å². The molecule has 6 heteroatoms. The molecule has 124 valence electrons. The molecule has 0 fully saturated rings. The minimum absolute atomic E-state index is 0.0907. The fraction of sp³-hybridized carbons (Fsp3) is 0.105. The van der Waals surface area contributed by atoms with Gasteiger partial charge in [0.25, 0.3) is 5.91 Å². The van der Waals surface area contributed by atoms with Gasteiger partial charge in [-0.15, -0.1) is 11.3 Å². The normalized spacial score (nSPS) is 10.9. The lowest BCUT2D eigenvalue weighted by Crippen LogP contribution is -2.23. The summed E-state index contributed by atoms with van der Waals surface area (Å²) in [5.41, 5.74) is 5.34. The van der Waals surface area contributed by atoms with Crippen molar-refractivity contribution >= 4 is 27.5 Å². The Morgan fingerprint density at radius 3 is 2.88 bits per heavy atom. The van der Waals surface area contributed by atoms with Crippen LogP contribution < -0.4 is 5.32 Å². The van der Waals surface area contributed by atoms with Crippen molar-refractivity contribution in [1.82, 2.24) is 19.9 Å². The highest BCUT2D eigenvalue weighted by Crippen LogP contribution is 2.22. The van der Waals surface area contributed by atoms with E-state index in [2.05, 4.69) is 15.3 Å². The summed E-state index contributed by atoms with van der Waals surface area (Å²) < 4.78 is 2.93. The molecular formula is C19H16N4OS. The van der Waals surface area contributed by atoms with Gasteiger partial charge in [0.05, 0.1) is 27.0 Å². The van der Waals surface area contributed by atoms with Gasteiger partial charge in [0, 0.05) is 18.9 Å². The summed E-state index contributed by atoms with van der Waals surface area (Å²) in [6.45, 7) is 2.40. The van der Waals surface area contributed by atoms with Crippen molar-refractivity contribution in [3.8, 4) is 5.69 Å². The number of thiazole rings is 1. The number of para-hydroxylation sites is 1. The number of benzene rings is 2. The smallest absolute Gasteiger partial charge is 0.253 e. The molecule has 1 N–H and O–H groups in total. The van der Waals surface area contributed by atoms with Crippen LogP contribution in [-0.4, -0.2) is 20.4 Å². The molecule has 0 aliphatic carbocycles. The van der Waals surface area contributed by atoms with E-state index in [0.29, 0.717) is 12.1 Å². The van der Waals surface area contributed by atoms with Gasteiger partial charge in [-0.25, -0.2) is 9.97 Å². The first-order valence-electron chi connectivity index (χ1n) is 7.92. The Bertz CT molecular complexity index is 1050. The summed E-state index contributed by atoms with van der Waals surface area (Å²) in [5, 5.41) is 3.03. The number of nitrogens with zero attached hydrogens (tertiary/aromatic N) is 3. The van der Waals surface area contributed by atoms with E-state index in [-0.39, 0.29) is 5.91 Å². The molecule has 4 rings (SSSR count). The second kappa shape index (κ2) is 6.49. The Hall–Kier alpha value is -2.99. The molecule has 0 bridgehead atoms. The van der Waals surface area contributed by atoms with Crippen molar-refractivity contribution in [1.29, 1.82) is 0 Å². The van der Waals surface area contributed by atoms with Gasteiger partial charge in [-0.2, -0.15) is 0 Å². The molecule has 4 aromatic rings. The maximum atomic E-state index is 12.6. The lowest BCUT2D eigenvalue weighted by Gasteiger charge is -2.13. The van der Waals surface area contributed by atoms with E-state index in [0.717, 1.165) is 27.3 Å². The lowest BCUT2D eigenvalue weighted by atomic mass is 10.1. The lowest BCUT2D eigenvalue weighted by molar-refractivity contribution is 0.0952. The van der Waals surface area contributed by atoms with Crippen LogP contribution in [0, 0.1) is 6.92 Å². The van der Waals surface area contributed by atoms with Crippen molar-refractivity contribution in [2.75, 3.05) is 0 Å². The highest BCUT2D eigenvalue weighted by molar-refractivity contribution is 7.17. The van der Waals surface area contributed by atoms with Crippen LogP contribution in [0.4, 0.5) is 0 Å². The summed E-state index contributed by atoms with van der Waals surface area (Å²) in [4.78, 5) is 21.2. The fourth-order valence-corrected chi connectivity index (χ4v) is 3.66. The molecule has 0 spiro atoms. The van der Waals surface area contributed by atoms with E-state index in [4.69, 9.17) is 0 Å². The predicted molar refractivity (Wildman–Crippen MR) is 99.1 cm³/mol. The van der Waals surface area contributed by atoms with E-state index >= 15 is 0 Å². The van der Waals surface area contributed by atoms with Gasteiger partial charge >= 0.3 is 0 Å². The number of imidazole rings is 1. The van der Waals surface area contributed by atoms with Crippen molar-refractivity contribution in [3.63, 3.8) is 0 Å². The molecule has 0 radical (unpaired) electrons. The largest absolute Gasteiger partial charge is 0.348 e. The number of nitrogens with one attached hydrogen (secondary N) is 1. The van der Waals surface area contributed by atoms with Crippen LogP contribution in [0.2, 0.25) is 0 Å². The van der Waals surface area contributed by atoms with Gasteiger partial charge in [-0.3, -0.25) is 4.79 Å². The molecule has 25 heavy (non-hydrogen) atoms. The summed E-state index contributed by atoms with van der Waals surface area (Å²) >= 11 is 1.48. The number of amides is 1. The molecule has 0 aliphatic heterocycles. The number of rotatable bonds is 4. The zero-order valence-corrected chi connectivity index (χ0v) is 14.5. The van der Waals surface area contributed by atoms with Crippen LogP contribution in [0.3, 0.4) is 0 Å². The number of hydrogen-bond acceptors (Lipinski definition) is 4. The minimum atomic E-state index is -0.0907. The molecule has 0 atom stereocenters. The fourth-order valence-electron chi connectivity index (χ4n) is 2.86. The summed E-state index contributed by atoms with van der Waals surface area (Å²) in [7, 11) is 0. The first kappa shape index (κ1) is 15.5. The van der Waals surface area contributed by atoms with Gasteiger partial charge in [-0.1, -0.05) is 24.3 Å². The maximum Gasteiger partial charge on any atom is 0.253 e. The third kappa shape index (κ3) is 2.92. The van der Waals surface area contributed by atoms with Crippen molar-refractivity contribution in [2.45, 2.75) is 13.5 Å². The average molecular weight is 348 g/mol. The number of carbonyl (C=O) groups is 1. The van der Waals surface area contributed by atoms with Crippen molar-refractivity contribution in [2.24, 2.45) is 0 Å². The molecular weight excluding hydrogens is 332 g/mol. The molecule has 2 aromatic carbocycles. The van der Waals surface area contributed by atoms with Gasteiger partial charge < -0.3 is 9.88 Å². The second-order valence-electron chi connectivity index (χ2n) is 5.66. The monoisotopic (exact) mass is 348 g/mol. The summed E-state index contributed by atoms with van der Waals surface area (Å²) in [5.74, 6) is 0.820. The number of hydrogen-bond donors (Lipinski definition) is 1. The van der Waals surface area contributed by atoms with Crippen LogP contribution >= 0.6 is 11.3 Å². The number of aromatic nitrogens is 3. The topological polar surface area (TPSA) is 59.8 Å². The zero-order valence-electron chi connectivity index (χ0n) is 13.6. The van der Waals surface area contributed by atoms with E-state index < -0.39 is 0 Å². The van der Waals surface area contributed by atoms with Crippen LogP contribution in [0.5, 0.6) is 0 Å². The molecule has 2 heterocycles. The molecule has 2 aromatic heterocycles. The van der Waals surface area contributed by atoms with Crippen LogP contribution in [0.25, 0.3) is 15.9 Å². The Morgan fingerprint density at radius 1 is 1.16 bits per heavy atom. The summed E-state index contributed by atoms with van der Waals surface area (Å²) in [6.07, 6.45) is 3.70. The number of carbonyl (C=O) groups excluding carboxylic acids is 1. The summed E-state index contributed by atoms with van der Waals surface area (Å²) in [6, 6.07) is 13.6. The Kier molecular flexibility index (Phi) is 4.03. The quantitative estimate of drug-likeness (QED) is 0.611. The average Bonchev–Trinajstić information content (AvgIpc) is 3.28. The number of aryl methyl sites for hydroxylation is 1. The molecule has 5 nitrogen and oxygen atoms in total. The molecule has 0 unspecified atom stereocenters. The van der Waals surface area contributed by atoms with Crippen LogP contribution in [0.15, 0.2) is 60.4 Å². The molecule has 0 saturated carbocycles. The standard InChI is InChI=1S/C19H16N4OS/c1-13-20-9-10-23(13)17-8-3-2-5-14(17)11-21-19(24)15-6-4-7-16-18(15)25-12-22-16/h2-10,12H,11H2,1H3,(H,21,24). The Labute approximate surface area is 149 Å². The maximum absolute atomic E-state index is 12.6. The van der Waals surface area contributed by atoms with Crippen LogP contribution in [0.1, 0.15) is 21.7 Å². The Morgan fingerprint density at radius 2 is 2.04 bits per heavy atom. The third-order valence-electron chi connectivity index (χ3n) is 4.12. The second-order valence-corrected chi connectivity index (χ2v) is 6.52. The van der Waals surface area contributed by atoms with E-state index in [1.807, 2.05) is 60.2 Å². The Balaban J connectivity index is 1.59. The highest BCUT2D eigenvalue weighted by atomic mass is 32.1. The van der Waals surface area contributed by atoms with Gasteiger partial charge in [0.2, 0.25) is 0 Å². The van der Waals surface area contributed by atoms with Crippen LogP contribution in [-0.2, 0) is 6.54 Å². The number of fused-ring (bicyclic) bond motifs is 1. The van der Waals surface area contributed by atoms with E-state index in [1.165, 1.54) is 11.3 Å². The first-order chi connectivity index (χ1) is 12.2. The first-order valence-corrected chi connectivity index (χ1v) is 8.80. The molecule has 0 aliphatic rings. The van der Waals surface area contributed by atoms with E-state index in [1.54, 1.807) is 11.7 Å². The van der Waals surface area contributed by atoms with Gasteiger partial charge in [0.1, 0.15) is 5.82 Å². The molecule has 1 amide bonds.